The normalized spacial score (nSPS) is 20.1. The Balaban J connectivity index is 2.03. The number of aliphatic hydroxyl groups is 1. The van der Waals surface area contributed by atoms with E-state index < -0.39 is 0 Å². The van der Waals surface area contributed by atoms with Gasteiger partial charge in [-0.25, -0.2) is 0 Å². The topological polar surface area (TPSA) is 52.6 Å². The van der Waals surface area contributed by atoms with Crippen LogP contribution in [0.3, 0.4) is 0 Å². The molecular weight excluding hydrogens is 240 g/mol. The molecule has 1 atom stereocenters. The van der Waals surface area contributed by atoms with Crippen LogP contribution in [0, 0.1) is 0 Å². The molecule has 0 spiro atoms. The molecule has 1 unspecified atom stereocenters. The van der Waals surface area contributed by atoms with E-state index in [0.29, 0.717) is 13.0 Å². The molecule has 1 aliphatic rings. The number of rotatable bonds is 5. The van der Waals surface area contributed by atoms with Gasteiger partial charge in [0.05, 0.1) is 6.61 Å². The Morgan fingerprint density at radius 3 is 2.84 bits per heavy atom. The van der Waals surface area contributed by atoms with Crippen molar-refractivity contribution >= 4 is 5.91 Å². The van der Waals surface area contributed by atoms with Gasteiger partial charge in [0.15, 0.2) is 0 Å². The second kappa shape index (κ2) is 7.26. The number of aliphatic hydroxyl groups excluding tert-OH is 1. The van der Waals surface area contributed by atoms with Crippen LogP contribution in [0.15, 0.2) is 30.3 Å². The number of hydrogen-bond acceptors (Lipinski definition) is 3. The maximum Gasteiger partial charge on any atom is 0.221 e. The third kappa shape index (κ3) is 4.33. The zero-order chi connectivity index (χ0) is 13.5. The van der Waals surface area contributed by atoms with Gasteiger partial charge in [-0.1, -0.05) is 30.3 Å². The molecule has 1 saturated heterocycles. The highest BCUT2D eigenvalue weighted by molar-refractivity contribution is 5.76. The molecule has 0 aromatic heterocycles. The van der Waals surface area contributed by atoms with E-state index >= 15 is 0 Å². The van der Waals surface area contributed by atoms with Crippen LogP contribution in [0.25, 0.3) is 0 Å². The van der Waals surface area contributed by atoms with Gasteiger partial charge in [-0.3, -0.25) is 9.69 Å². The smallest absolute Gasteiger partial charge is 0.221 e. The highest BCUT2D eigenvalue weighted by Gasteiger charge is 2.23. The van der Waals surface area contributed by atoms with Gasteiger partial charge in [0.2, 0.25) is 5.91 Å². The zero-order valence-corrected chi connectivity index (χ0v) is 11.2. The summed E-state index contributed by atoms with van der Waals surface area (Å²) < 4.78 is 0. The first kappa shape index (κ1) is 14.0. The van der Waals surface area contributed by atoms with E-state index in [1.165, 1.54) is 5.56 Å². The van der Waals surface area contributed by atoms with Gasteiger partial charge in [-0.15, -0.1) is 0 Å². The van der Waals surface area contributed by atoms with Crippen LogP contribution in [0.4, 0.5) is 0 Å². The summed E-state index contributed by atoms with van der Waals surface area (Å²) in [6.07, 6.45) is 2.55. The molecule has 1 heterocycles. The van der Waals surface area contributed by atoms with Gasteiger partial charge in [-0.05, 0) is 18.4 Å². The fourth-order valence-corrected chi connectivity index (χ4v) is 2.60. The van der Waals surface area contributed by atoms with Crippen molar-refractivity contribution in [2.75, 3.05) is 19.7 Å². The van der Waals surface area contributed by atoms with Gasteiger partial charge < -0.3 is 10.4 Å². The fourth-order valence-electron chi connectivity index (χ4n) is 2.60. The van der Waals surface area contributed by atoms with Crippen molar-refractivity contribution in [2.45, 2.75) is 31.8 Å². The zero-order valence-electron chi connectivity index (χ0n) is 11.2. The summed E-state index contributed by atoms with van der Waals surface area (Å²) >= 11 is 0. The molecule has 19 heavy (non-hydrogen) atoms. The first-order valence-electron chi connectivity index (χ1n) is 6.95. The van der Waals surface area contributed by atoms with Crippen LogP contribution >= 0.6 is 0 Å². The molecule has 2 rings (SSSR count). The molecule has 2 N–H and O–H groups in total. The monoisotopic (exact) mass is 262 g/mol. The highest BCUT2D eigenvalue weighted by Crippen LogP contribution is 2.16. The number of carbonyl (C=O) groups is 1. The number of hydrogen-bond donors (Lipinski definition) is 2. The van der Waals surface area contributed by atoms with Crippen LogP contribution in [0.2, 0.25) is 0 Å². The lowest BCUT2D eigenvalue weighted by Crippen LogP contribution is -2.38. The molecule has 0 aliphatic carbocycles. The van der Waals surface area contributed by atoms with E-state index in [9.17, 15) is 9.90 Å². The van der Waals surface area contributed by atoms with Crippen molar-refractivity contribution in [1.29, 1.82) is 0 Å². The Morgan fingerprint density at radius 2 is 2.11 bits per heavy atom. The molecule has 4 heteroatoms. The van der Waals surface area contributed by atoms with Crippen molar-refractivity contribution in [3.63, 3.8) is 0 Å². The Morgan fingerprint density at radius 1 is 1.32 bits per heavy atom. The summed E-state index contributed by atoms with van der Waals surface area (Å²) in [6, 6.07) is 10.4. The third-order valence-electron chi connectivity index (χ3n) is 3.59. The van der Waals surface area contributed by atoms with Crippen molar-refractivity contribution in [1.82, 2.24) is 10.2 Å². The second-order valence-corrected chi connectivity index (χ2v) is 5.03. The summed E-state index contributed by atoms with van der Waals surface area (Å²) in [5.74, 6) is 0.124. The maximum absolute atomic E-state index is 11.7. The van der Waals surface area contributed by atoms with Gasteiger partial charge >= 0.3 is 0 Å². The Bertz CT molecular complexity index is 394. The number of benzene rings is 1. The molecule has 1 aromatic carbocycles. The molecule has 0 bridgehead atoms. The van der Waals surface area contributed by atoms with Crippen LogP contribution in [-0.2, 0) is 11.3 Å². The first-order valence-corrected chi connectivity index (χ1v) is 6.95. The van der Waals surface area contributed by atoms with Gasteiger partial charge in [0.1, 0.15) is 0 Å². The summed E-state index contributed by atoms with van der Waals surface area (Å²) in [6.45, 7) is 2.31. The molecule has 0 saturated carbocycles. The standard InChI is InChI=1S/C15H22N2O2/c18-10-9-17(12-13-5-2-1-3-6-13)14-7-4-8-16-15(19)11-14/h1-3,5-6,14,18H,4,7-12H2,(H,16,19). The number of carbonyl (C=O) groups excluding carboxylic acids is 1. The summed E-state index contributed by atoms with van der Waals surface area (Å²) in [7, 11) is 0. The minimum Gasteiger partial charge on any atom is -0.395 e. The lowest BCUT2D eigenvalue weighted by Gasteiger charge is -2.29. The van der Waals surface area contributed by atoms with E-state index in [1.54, 1.807) is 0 Å². The molecule has 4 nitrogen and oxygen atoms in total. The van der Waals surface area contributed by atoms with Crippen molar-refractivity contribution in [3.05, 3.63) is 35.9 Å². The van der Waals surface area contributed by atoms with E-state index in [0.717, 1.165) is 25.9 Å². The molecule has 1 amide bonds. The second-order valence-electron chi connectivity index (χ2n) is 5.03. The molecule has 104 valence electrons. The predicted octanol–water partition coefficient (Wildman–Crippen LogP) is 1.15. The van der Waals surface area contributed by atoms with Crippen molar-refractivity contribution in [3.8, 4) is 0 Å². The van der Waals surface area contributed by atoms with Gasteiger partial charge in [-0.2, -0.15) is 0 Å². The summed E-state index contributed by atoms with van der Waals surface area (Å²) in [5.41, 5.74) is 1.22. The van der Waals surface area contributed by atoms with Crippen LogP contribution in [0.5, 0.6) is 0 Å². The Hall–Kier alpha value is -1.39. The number of amides is 1. The molecule has 1 aliphatic heterocycles. The molecule has 1 fully saturated rings. The Labute approximate surface area is 114 Å². The molecular formula is C15H22N2O2. The first-order chi connectivity index (χ1) is 9.29. The fraction of sp³-hybridized carbons (Fsp3) is 0.533. The highest BCUT2D eigenvalue weighted by atomic mass is 16.3. The number of nitrogens with one attached hydrogen (secondary N) is 1. The number of nitrogens with zero attached hydrogens (tertiary/aromatic N) is 1. The predicted molar refractivity (Wildman–Crippen MR) is 74.6 cm³/mol. The van der Waals surface area contributed by atoms with Crippen molar-refractivity contribution < 1.29 is 9.90 Å². The largest absolute Gasteiger partial charge is 0.395 e. The summed E-state index contributed by atoms with van der Waals surface area (Å²) in [5, 5.41) is 12.1. The van der Waals surface area contributed by atoms with E-state index in [1.807, 2.05) is 18.2 Å². The van der Waals surface area contributed by atoms with E-state index in [2.05, 4.69) is 22.3 Å². The minimum atomic E-state index is 0.124. The van der Waals surface area contributed by atoms with Gasteiger partial charge in [0.25, 0.3) is 0 Å². The van der Waals surface area contributed by atoms with Crippen LogP contribution in [-0.4, -0.2) is 41.7 Å². The maximum atomic E-state index is 11.7. The third-order valence-corrected chi connectivity index (χ3v) is 3.59. The minimum absolute atomic E-state index is 0.124. The average Bonchev–Trinajstić information content (AvgIpc) is 2.64. The van der Waals surface area contributed by atoms with Gasteiger partial charge in [0, 0.05) is 32.1 Å². The van der Waals surface area contributed by atoms with E-state index in [4.69, 9.17) is 0 Å². The van der Waals surface area contributed by atoms with Crippen molar-refractivity contribution in [2.24, 2.45) is 0 Å². The molecule has 0 radical (unpaired) electrons. The quantitative estimate of drug-likeness (QED) is 0.837. The Kier molecular flexibility index (Phi) is 5.36. The van der Waals surface area contributed by atoms with Crippen LogP contribution < -0.4 is 5.32 Å². The summed E-state index contributed by atoms with van der Waals surface area (Å²) in [4.78, 5) is 13.9. The lowest BCUT2D eigenvalue weighted by molar-refractivity contribution is -0.121. The van der Waals surface area contributed by atoms with Crippen LogP contribution in [0.1, 0.15) is 24.8 Å². The SMILES string of the molecule is O=C1CC(N(CCO)Cc2ccccc2)CCCN1. The lowest BCUT2D eigenvalue weighted by atomic mass is 10.1. The average molecular weight is 262 g/mol. The van der Waals surface area contributed by atoms with E-state index in [-0.39, 0.29) is 18.6 Å². The molecule has 1 aromatic rings.